The fraction of sp³-hybridized carbons (Fsp3) is 0.250. The first-order chi connectivity index (χ1) is 16.3. The molecule has 0 atom stereocenters. The van der Waals surface area contributed by atoms with E-state index >= 15 is 0 Å². The topological polar surface area (TPSA) is 90.9 Å². The van der Waals surface area contributed by atoms with Crippen molar-refractivity contribution < 1.29 is 4.79 Å². The van der Waals surface area contributed by atoms with Gasteiger partial charge in [-0.3, -0.25) is 18.7 Å². The van der Waals surface area contributed by atoms with Crippen LogP contribution in [-0.2, 0) is 31.9 Å². The predicted octanol–water partition coefficient (Wildman–Crippen LogP) is 3.43. The number of para-hydroxylation sites is 1. The highest BCUT2D eigenvalue weighted by Crippen LogP contribution is 2.24. The summed E-state index contributed by atoms with van der Waals surface area (Å²) in [5, 5.41) is 4.03. The number of hydrogen-bond donors (Lipinski definition) is 1. The van der Waals surface area contributed by atoms with E-state index in [-0.39, 0.29) is 17.3 Å². The maximum atomic E-state index is 13.0. The van der Waals surface area contributed by atoms with E-state index in [2.05, 4.69) is 10.3 Å². The lowest BCUT2D eigenvalue weighted by atomic mass is 10.1. The van der Waals surface area contributed by atoms with Gasteiger partial charge in [0.1, 0.15) is 0 Å². The van der Waals surface area contributed by atoms with Gasteiger partial charge in [0.2, 0.25) is 5.91 Å². The lowest BCUT2D eigenvalue weighted by Crippen LogP contribution is -2.37. The quantitative estimate of drug-likeness (QED) is 0.395. The molecule has 10 heteroatoms. The Hall–Kier alpha value is -3.30. The molecule has 1 N–H and O–H groups in total. The summed E-state index contributed by atoms with van der Waals surface area (Å²) in [5.41, 5.74) is 2.42. The Kier molecular flexibility index (Phi) is 6.95. The number of hydrogen-bond acceptors (Lipinski definition) is 5. The molecule has 0 spiro atoms. The number of anilines is 1. The number of nitrogens with zero attached hydrogens (tertiary/aromatic N) is 4. The molecule has 4 aromatic rings. The van der Waals surface area contributed by atoms with Crippen LogP contribution in [0.5, 0.6) is 0 Å². The molecule has 176 valence electrons. The Morgan fingerprint density at radius 3 is 2.47 bits per heavy atom. The van der Waals surface area contributed by atoms with Gasteiger partial charge in [0.15, 0.2) is 16.3 Å². The van der Waals surface area contributed by atoms with Crippen molar-refractivity contribution >= 4 is 46.1 Å². The zero-order valence-electron chi connectivity index (χ0n) is 19.0. The SMILES string of the molecule is CCc1ccccc1NC(=O)CSc1nc2c(c(=O)n(C)c(=O)n2C)n1Cc1ccc(Cl)cc1. The van der Waals surface area contributed by atoms with Crippen LogP contribution < -0.4 is 16.6 Å². The molecule has 0 bridgehead atoms. The monoisotopic (exact) mass is 497 g/mol. The normalized spacial score (nSPS) is 11.2. The first-order valence-electron chi connectivity index (χ1n) is 10.7. The summed E-state index contributed by atoms with van der Waals surface area (Å²) in [7, 11) is 3.02. The third-order valence-corrected chi connectivity index (χ3v) is 6.80. The van der Waals surface area contributed by atoms with Gasteiger partial charge in [-0.1, -0.05) is 60.6 Å². The van der Waals surface area contributed by atoms with Crippen LogP contribution >= 0.6 is 23.4 Å². The number of nitrogens with one attached hydrogen (secondary N) is 1. The molecule has 0 radical (unpaired) electrons. The van der Waals surface area contributed by atoms with Crippen LogP contribution in [0.25, 0.3) is 11.2 Å². The largest absolute Gasteiger partial charge is 0.332 e. The maximum absolute atomic E-state index is 13.0. The number of aromatic nitrogens is 4. The molecular weight excluding hydrogens is 474 g/mol. The summed E-state index contributed by atoms with van der Waals surface area (Å²) in [6.45, 7) is 2.37. The Morgan fingerprint density at radius 2 is 1.76 bits per heavy atom. The van der Waals surface area contributed by atoms with E-state index in [0.717, 1.165) is 27.8 Å². The van der Waals surface area contributed by atoms with Crippen LogP contribution in [0.1, 0.15) is 18.1 Å². The molecule has 0 saturated carbocycles. The minimum Gasteiger partial charge on any atom is -0.325 e. The van der Waals surface area contributed by atoms with Gasteiger partial charge in [0.05, 0.1) is 12.3 Å². The van der Waals surface area contributed by atoms with Gasteiger partial charge >= 0.3 is 5.69 Å². The highest BCUT2D eigenvalue weighted by Gasteiger charge is 2.20. The first-order valence-corrected chi connectivity index (χ1v) is 12.1. The van der Waals surface area contributed by atoms with Crippen molar-refractivity contribution in [2.45, 2.75) is 25.0 Å². The molecule has 8 nitrogen and oxygen atoms in total. The standard InChI is InChI=1S/C24H24ClN5O3S/c1-4-16-7-5-6-8-18(16)26-19(31)14-34-23-27-21-20(22(32)29(3)24(33)28(21)2)30(23)13-15-9-11-17(25)12-10-15/h5-12H,4,13-14H2,1-3H3,(H,26,31). The summed E-state index contributed by atoms with van der Waals surface area (Å²) in [6.07, 6.45) is 0.803. The molecule has 0 aliphatic heterocycles. The van der Waals surface area contributed by atoms with Crippen molar-refractivity contribution in [1.82, 2.24) is 18.7 Å². The Morgan fingerprint density at radius 1 is 1.06 bits per heavy atom. The lowest BCUT2D eigenvalue weighted by Gasteiger charge is -2.11. The van der Waals surface area contributed by atoms with Crippen LogP contribution in [0.2, 0.25) is 5.02 Å². The summed E-state index contributed by atoms with van der Waals surface area (Å²) < 4.78 is 4.15. The Balaban J connectivity index is 1.69. The Labute approximate surface area is 205 Å². The number of benzene rings is 2. The number of aryl methyl sites for hydroxylation is 2. The van der Waals surface area contributed by atoms with E-state index in [9.17, 15) is 14.4 Å². The number of thioether (sulfide) groups is 1. The van der Waals surface area contributed by atoms with E-state index in [0.29, 0.717) is 22.2 Å². The molecule has 0 unspecified atom stereocenters. The van der Waals surface area contributed by atoms with Crippen molar-refractivity contribution in [3.05, 3.63) is 85.5 Å². The number of carbonyl (C=O) groups excluding carboxylic acids is 1. The van der Waals surface area contributed by atoms with E-state index in [4.69, 9.17) is 11.6 Å². The molecule has 0 aliphatic rings. The lowest BCUT2D eigenvalue weighted by molar-refractivity contribution is -0.113. The van der Waals surface area contributed by atoms with Gasteiger partial charge in [-0.2, -0.15) is 0 Å². The van der Waals surface area contributed by atoms with Crippen LogP contribution in [0.15, 0.2) is 63.3 Å². The summed E-state index contributed by atoms with van der Waals surface area (Å²) in [6, 6.07) is 14.9. The van der Waals surface area contributed by atoms with Crippen LogP contribution in [0, 0.1) is 0 Å². The van der Waals surface area contributed by atoms with Gasteiger partial charge in [-0.25, -0.2) is 9.78 Å². The third-order valence-electron chi connectivity index (χ3n) is 5.57. The molecule has 2 aromatic heterocycles. The molecule has 34 heavy (non-hydrogen) atoms. The van der Waals surface area contributed by atoms with Crippen molar-refractivity contribution in [2.75, 3.05) is 11.1 Å². The minimum absolute atomic E-state index is 0.0935. The highest BCUT2D eigenvalue weighted by atomic mass is 35.5. The van der Waals surface area contributed by atoms with Gasteiger partial charge in [0, 0.05) is 24.8 Å². The van der Waals surface area contributed by atoms with Crippen LogP contribution in [-0.4, -0.2) is 30.3 Å². The van der Waals surface area contributed by atoms with Gasteiger partial charge in [-0.15, -0.1) is 0 Å². The van der Waals surface area contributed by atoms with Crippen molar-refractivity contribution in [3.8, 4) is 0 Å². The average molecular weight is 498 g/mol. The number of amides is 1. The Bertz CT molecular complexity index is 1490. The molecule has 1 amide bonds. The van der Waals surface area contributed by atoms with Crippen molar-refractivity contribution in [2.24, 2.45) is 14.1 Å². The molecule has 0 saturated heterocycles. The second-order valence-electron chi connectivity index (χ2n) is 7.83. The number of imidazole rings is 1. The molecule has 2 aromatic carbocycles. The number of fused-ring (bicyclic) bond motifs is 1. The molecular formula is C24H24ClN5O3S. The molecule has 0 aliphatic carbocycles. The fourth-order valence-electron chi connectivity index (χ4n) is 3.72. The number of rotatable bonds is 7. The second kappa shape index (κ2) is 9.90. The van der Waals surface area contributed by atoms with E-state index in [1.807, 2.05) is 43.3 Å². The van der Waals surface area contributed by atoms with Crippen molar-refractivity contribution in [1.29, 1.82) is 0 Å². The van der Waals surface area contributed by atoms with Gasteiger partial charge < -0.3 is 9.88 Å². The number of halogens is 1. The molecule has 0 fully saturated rings. The van der Waals surface area contributed by atoms with Crippen molar-refractivity contribution in [3.63, 3.8) is 0 Å². The van der Waals surface area contributed by atoms with Crippen LogP contribution in [0.4, 0.5) is 5.69 Å². The van der Waals surface area contributed by atoms with E-state index < -0.39 is 11.2 Å². The predicted molar refractivity (Wildman–Crippen MR) is 136 cm³/mol. The summed E-state index contributed by atoms with van der Waals surface area (Å²) in [5.74, 6) is -0.0891. The van der Waals surface area contributed by atoms with Gasteiger partial charge in [-0.05, 0) is 35.7 Å². The zero-order valence-corrected chi connectivity index (χ0v) is 20.6. The summed E-state index contributed by atoms with van der Waals surface area (Å²) >= 11 is 7.23. The fourth-order valence-corrected chi connectivity index (χ4v) is 4.64. The van der Waals surface area contributed by atoms with E-state index in [1.165, 1.54) is 23.4 Å². The summed E-state index contributed by atoms with van der Waals surface area (Å²) in [4.78, 5) is 42.7. The average Bonchev–Trinajstić information content (AvgIpc) is 3.20. The second-order valence-corrected chi connectivity index (χ2v) is 9.21. The smallest absolute Gasteiger partial charge is 0.325 e. The molecule has 2 heterocycles. The van der Waals surface area contributed by atoms with Crippen LogP contribution in [0.3, 0.4) is 0 Å². The first kappa shape index (κ1) is 23.8. The third kappa shape index (κ3) is 4.67. The zero-order chi connectivity index (χ0) is 24.4. The highest BCUT2D eigenvalue weighted by molar-refractivity contribution is 7.99. The van der Waals surface area contributed by atoms with E-state index in [1.54, 1.807) is 23.7 Å². The maximum Gasteiger partial charge on any atom is 0.332 e. The number of carbonyl (C=O) groups is 1. The minimum atomic E-state index is -0.459. The van der Waals surface area contributed by atoms with Gasteiger partial charge in [0.25, 0.3) is 5.56 Å². The molecule has 4 rings (SSSR count).